The van der Waals surface area contributed by atoms with Crippen molar-refractivity contribution in [3.05, 3.63) is 35.3 Å². The maximum absolute atomic E-state index is 10.5. The molecule has 0 radical (unpaired) electrons. The summed E-state index contributed by atoms with van der Waals surface area (Å²) >= 11 is 1.54. The van der Waals surface area contributed by atoms with Crippen LogP contribution in [0.25, 0.3) is 10.6 Å². The number of aliphatic carboxylic acids is 1. The normalized spacial score (nSPS) is 10.4. The van der Waals surface area contributed by atoms with Crippen molar-refractivity contribution in [1.29, 1.82) is 0 Å². The van der Waals surface area contributed by atoms with Gasteiger partial charge >= 0.3 is 5.97 Å². The van der Waals surface area contributed by atoms with Crippen molar-refractivity contribution < 1.29 is 14.6 Å². The van der Waals surface area contributed by atoms with E-state index < -0.39 is 5.97 Å². The maximum atomic E-state index is 10.5. The van der Waals surface area contributed by atoms with Crippen LogP contribution in [0.2, 0.25) is 0 Å². The van der Waals surface area contributed by atoms with Gasteiger partial charge in [-0.2, -0.15) is 0 Å². The highest BCUT2D eigenvalue weighted by Gasteiger charge is 2.06. The van der Waals surface area contributed by atoms with Crippen molar-refractivity contribution in [3.63, 3.8) is 0 Å². The number of carboxylic acid groups (broad SMARTS) is 1. The van der Waals surface area contributed by atoms with Gasteiger partial charge in [0.1, 0.15) is 10.8 Å². The smallest absolute Gasteiger partial charge is 0.303 e. The molecule has 0 aliphatic carbocycles. The fraction of sp³-hybridized carbons (Fsp3) is 0.333. The topological polar surface area (TPSA) is 59.4 Å². The highest BCUT2D eigenvalue weighted by Crippen LogP contribution is 2.27. The average molecular weight is 291 g/mol. The fourth-order valence-electron chi connectivity index (χ4n) is 1.70. The Morgan fingerprint density at radius 3 is 2.75 bits per heavy atom. The van der Waals surface area contributed by atoms with E-state index in [9.17, 15) is 4.79 Å². The van der Waals surface area contributed by atoms with Crippen molar-refractivity contribution in [3.8, 4) is 16.3 Å². The standard InChI is InChI=1S/C15H17NO3S/c1-2-9-19-12-5-3-11(4-6-12)15-16-10-13(20-15)7-8-14(17)18/h3-6,10H,2,7-9H2,1H3,(H,17,18). The van der Waals surface area contributed by atoms with Crippen molar-refractivity contribution in [2.45, 2.75) is 26.2 Å². The lowest BCUT2D eigenvalue weighted by atomic mass is 10.2. The summed E-state index contributed by atoms with van der Waals surface area (Å²) in [5, 5.41) is 9.58. The van der Waals surface area contributed by atoms with Crippen LogP contribution in [0.15, 0.2) is 30.5 Å². The third-order valence-electron chi connectivity index (χ3n) is 2.71. The molecule has 5 heteroatoms. The minimum Gasteiger partial charge on any atom is -0.494 e. The Hall–Kier alpha value is -1.88. The van der Waals surface area contributed by atoms with E-state index in [4.69, 9.17) is 9.84 Å². The Morgan fingerprint density at radius 1 is 1.35 bits per heavy atom. The van der Waals surface area contributed by atoms with E-state index in [2.05, 4.69) is 11.9 Å². The van der Waals surface area contributed by atoms with E-state index in [-0.39, 0.29) is 6.42 Å². The predicted octanol–water partition coefficient (Wildman–Crippen LogP) is 3.62. The quantitative estimate of drug-likeness (QED) is 0.846. The molecule has 0 bridgehead atoms. The monoisotopic (exact) mass is 291 g/mol. The summed E-state index contributed by atoms with van der Waals surface area (Å²) < 4.78 is 5.53. The van der Waals surface area contributed by atoms with Crippen LogP contribution in [0.3, 0.4) is 0 Å². The van der Waals surface area contributed by atoms with Gasteiger partial charge in [-0.05, 0) is 37.1 Å². The second kappa shape index (κ2) is 7.05. The molecule has 1 aromatic heterocycles. The molecule has 2 rings (SSSR count). The number of hydrogen-bond acceptors (Lipinski definition) is 4. The number of benzene rings is 1. The van der Waals surface area contributed by atoms with Crippen LogP contribution >= 0.6 is 11.3 Å². The summed E-state index contributed by atoms with van der Waals surface area (Å²) in [6.07, 6.45) is 3.42. The summed E-state index contributed by atoms with van der Waals surface area (Å²) in [6, 6.07) is 7.82. The second-order valence-electron chi connectivity index (χ2n) is 4.40. The first-order valence-corrected chi connectivity index (χ1v) is 7.40. The van der Waals surface area contributed by atoms with Crippen molar-refractivity contribution in [2.75, 3.05) is 6.61 Å². The molecule has 4 nitrogen and oxygen atoms in total. The lowest BCUT2D eigenvalue weighted by Gasteiger charge is -2.04. The Kier molecular flexibility index (Phi) is 5.12. The Balaban J connectivity index is 2.02. The molecule has 0 atom stereocenters. The van der Waals surface area contributed by atoms with Gasteiger partial charge in [0.2, 0.25) is 0 Å². The molecular formula is C15H17NO3S. The molecule has 0 aliphatic rings. The van der Waals surface area contributed by atoms with E-state index in [0.29, 0.717) is 6.42 Å². The molecule has 106 valence electrons. The van der Waals surface area contributed by atoms with Gasteiger partial charge in [-0.15, -0.1) is 11.3 Å². The van der Waals surface area contributed by atoms with Crippen molar-refractivity contribution in [1.82, 2.24) is 4.98 Å². The van der Waals surface area contributed by atoms with Gasteiger partial charge in [0.15, 0.2) is 0 Å². The molecule has 0 saturated carbocycles. The van der Waals surface area contributed by atoms with Crippen LogP contribution in [0.1, 0.15) is 24.6 Å². The highest BCUT2D eigenvalue weighted by molar-refractivity contribution is 7.15. The molecule has 0 saturated heterocycles. The van der Waals surface area contributed by atoms with Crippen LogP contribution < -0.4 is 4.74 Å². The van der Waals surface area contributed by atoms with Crippen molar-refractivity contribution in [2.24, 2.45) is 0 Å². The molecule has 0 aliphatic heterocycles. The van der Waals surface area contributed by atoms with Gasteiger partial charge in [0.25, 0.3) is 0 Å². The van der Waals surface area contributed by atoms with E-state index in [1.165, 1.54) is 11.3 Å². The lowest BCUT2D eigenvalue weighted by molar-refractivity contribution is -0.136. The molecular weight excluding hydrogens is 274 g/mol. The average Bonchev–Trinajstić information content (AvgIpc) is 2.92. The second-order valence-corrected chi connectivity index (χ2v) is 5.51. The van der Waals surface area contributed by atoms with E-state index in [1.54, 1.807) is 6.20 Å². The third kappa shape index (κ3) is 4.06. The van der Waals surface area contributed by atoms with E-state index in [0.717, 1.165) is 34.2 Å². The Labute approximate surface area is 122 Å². The Bertz CT molecular complexity index is 563. The summed E-state index contributed by atoms with van der Waals surface area (Å²) in [4.78, 5) is 15.9. The molecule has 0 unspecified atom stereocenters. The van der Waals surface area contributed by atoms with Crippen LogP contribution in [-0.2, 0) is 11.2 Å². The SMILES string of the molecule is CCCOc1ccc(-c2ncc(CCC(=O)O)s2)cc1. The van der Waals surface area contributed by atoms with Gasteiger partial charge in [0, 0.05) is 16.6 Å². The number of nitrogens with zero attached hydrogens (tertiary/aromatic N) is 1. The van der Waals surface area contributed by atoms with Crippen LogP contribution in [0.4, 0.5) is 0 Å². The van der Waals surface area contributed by atoms with Gasteiger partial charge in [-0.3, -0.25) is 4.79 Å². The molecule has 0 spiro atoms. The molecule has 0 fully saturated rings. The molecule has 0 amide bonds. The minimum atomic E-state index is -0.780. The molecule has 1 aromatic carbocycles. The van der Waals surface area contributed by atoms with Gasteiger partial charge in [-0.25, -0.2) is 4.98 Å². The maximum Gasteiger partial charge on any atom is 0.303 e. The molecule has 2 aromatic rings. The summed E-state index contributed by atoms with van der Waals surface area (Å²) in [7, 11) is 0. The summed E-state index contributed by atoms with van der Waals surface area (Å²) in [5.41, 5.74) is 1.03. The highest BCUT2D eigenvalue weighted by atomic mass is 32.1. The van der Waals surface area contributed by atoms with Gasteiger partial charge in [-0.1, -0.05) is 6.92 Å². The fourth-order valence-corrected chi connectivity index (χ4v) is 2.62. The number of rotatable bonds is 7. The molecule has 1 N–H and O–H groups in total. The number of ether oxygens (including phenoxy) is 1. The Morgan fingerprint density at radius 2 is 2.10 bits per heavy atom. The van der Waals surface area contributed by atoms with Crippen LogP contribution in [0, 0.1) is 0 Å². The zero-order valence-electron chi connectivity index (χ0n) is 11.3. The summed E-state index contributed by atoms with van der Waals surface area (Å²) in [6.45, 7) is 2.79. The summed E-state index contributed by atoms with van der Waals surface area (Å²) in [5.74, 6) is 0.0793. The first-order chi connectivity index (χ1) is 9.69. The zero-order valence-corrected chi connectivity index (χ0v) is 12.2. The minimum absolute atomic E-state index is 0.144. The van der Waals surface area contributed by atoms with Gasteiger partial charge in [0.05, 0.1) is 13.0 Å². The largest absolute Gasteiger partial charge is 0.494 e. The number of hydrogen-bond donors (Lipinski definition) is 1. The number of carbonyl (C=O) groups is 1. The first-order valence-electron chi connectivity index (χ1n) is 6.58. The number of aromatic nitrogens is 1. The zero-order chi connectivity index (χ0) is 14.4. The third-order valence-corrected chi connectivity index (χ3v) is 3.82. The number of carboxylic acids is 1. The van der Waals surface area contributed by atoms with E-state index >= 15 is 0 Å². The van der Waals surface area contributed by atoms with Gasteiger partial charge < -0.3 is 9.84 Å². The van der Waals surface area contributed by atoms with E-state index in [1.807, 2.05) is 24.3 Å². The van der Waals surface area contributed by atoms with Crippen LogP contribution in [0.5, 0.6) is 5.75 Å². The predicted molar refractivity (Wildman–Crippen MR) is 79.3 cm³/mol. The molecule has 1 heterocycles. The van der Waals surface area contributed by atoms with Crippen LogP contribution in [-0.4, -0.2) is 22.7 Å². The molecule has 20 heavy (non-hydrogen) atoms. The van der Waals surface area contributed by atoms with Crippen molar-refractivity contribution >= 4 is 17.3 Å². The number of aryl methyl sites for hydroxylation is 1. The first kappa shape index (κ1) is 14.5. The number of thiazole rings is 1. The lowest BCUT2D eigenvalue weighted by Crippen LogP contribution is -1.95.